The van der Waals surface area contributed by atoms with Crippen molar-refractivity contribution < 1.29 is 5.21 Å². The van der Waals surface area contributed by atoms with Gasteiger partial charge in [-0.25, -0.2) is 4.98 Å². The Labute approximate surface area is 134 Å². The van der Waals surface area contributed by atoms with Gasteiger partial charge in [0.1, 0.15) is 5.52 Å². The highest BCUT2D eigenvalue weighted by molar-refractivity contribution is 6.09. The van der Waals surface area contributed by atoms with Gasteiger partial charge >= 0.3 is 0 Å². The molecule has 0 aliphatic carbocycles. The number of anilines is 1. The van der Waals surface area contributed by atoms with Gasteiger partial charge in [-0.15, -0.1) is 5.16 Å². The van der Waals surface area contributed by atoms with Gasteiger partial charge in [0.15, 0.2) is 5.82 Å². The molecule has 0 bridgehead atoms. The molecular weight excluding hydrogens is 290 g/mol. The third kappa shape index (κ3) is 2.84. The average molecular weight is 311 g/mol. The summed E-state index contributed by atoms with van der Waals surface area (Å²) < 4.78 is 2.05. The van der Waals surface area contributed by atoms with E-state index in [4.69, 9.17) is 16.0 Å². The van der Waals surface area contributed by atoms with Crippen LogP contribution in [0.5, 0.6) is 0 Å². The molecule has 0 saturated heterocycles. The summed E-state index contributed by atoms with van der Waals surface area (Å²) in [5.41, 5.74) is 8.99. The molecule has 120 valence electrons. The van der Waals surface area contributed by atoms with Crippen LogP contribution >= 0.6 is 0 Å². The summed E-state index contributed by atoms with van der Waals surface area (Å²) in [6, 6.07) is 8.03. The summed E-state index contributed by atoms with van der Waals surface area (Å²) in [4.78, 5) is 4.48. The first-order chi connectivity index (χ1) is 11.3. The molecule has 3 rings (SSSR count). The van der Waals surface area contributed by atoms with Gasteiger partial charge in [0.2, 0.25) is 0 Å². The maximum Gasteiger partial charge on any atom is 0.152 e. The second-order valence-electron chi connectivity index (χ2n) is 5.60. The number of hydrogen-bond donors (Lipinski definition) is 2. The van der Waals surface area contributed by atoms with Crippen molar-refractivity contribution in [1.29, 1.82) is 0 Å². The highest BCUT2D eigenvalue weighted by Gasteiger charge is 2.16. The Morgan fingerprint density at radius 2 is 2.17 bits per heavy atom. The van der Waals surface area contributed by atoms with E-state index in [1.165, 1.54) is 11.9 Å². The van der Waals surface area contributed by atoms with Crippen molar-refractivity contribution >= 4 is 33.8 Å². The molecule has 0 amide bonds. The van der Waals surface area contributed by atoms with Gasteiger partial charge in [0.25, 0.3) is 0 Å². The maximum absolute atomic E-state index is 8.54. The summed E-state index contributed by atoms with van der Waals surface area (Å²) in [7, 11) is 0. The average Bonchev–Trinajstić information content (AvgIpc) is 2.92. The first-order valence-electron chi connectivity index (χ1n) is 7.95. The van der Waals surface area contributed by atoms with Gasteiger partial charge in [-0.05, 0) is 31.7 Å². The molecule has 3 aromatic rings. The monoisotopic (exact) mass is 311 g/mol. The Bertz CT molecular complexity index is 853. The molecule has 0 radical (unpaired) electrons. The highest BCUT2D eigenvalue weighted by atomic mass is 16.4. The summed E-state index contributed by atoms with van der Waals surface area (Å²) in [5, 5.41) is 18.5. The third-order valence-electron chi connectivity index (χ3n) is 3.98. The lowest BCUT2D eigenvalue weighted by atomic mass is 10.1. The van der Waals surface area contributed by atoms with E-state index >= 15 is 0 Å². The molecule has 6 heteroatoms. The first-order valence-corrected chi connectivity index (χ1v) is 7.95. The van der Waals surface area contributed by atoms with E-state index in [0.29, 0.717) is 5.82 Å². The predicted molar refractivity (Wildman–Crippen MR) is 93.0 cm³/mol. The molecule has 0 aliphatic rings. The van der Waals surface area contributed by atoms with Crippen LogP contribution in [0.2, 0.25) is 0 Å². The SMILES string of the molecule is CCCn1nc2c(N)nc3ccccc3c2c1CCC/C=N/O. The highest BCUT2D eigenvalue weighted by Crippen LogP contribution is 2.31. The Kier molecular flexibility index (Phi) is 4.41. The van der Waals surface area contributed by atoms with Crippen molar-refractivity contribution in [2.45, 2.75) is 39.2 Å². The van der Waals surface area contributed by atoms with Crippen LogP contribution in [0.25, 0.3) is 21.8 Å². The molecular formula is C17H21N5O. The van der Waals surface area contributed by atoms with Crippen LogP contribution in [-0.2, 0) is 13.0 Å². The first kappa shape index (κ1) is 15.3. The molecule has 3 N–H and O–H groups in total. The van der Waals surface area contributed by atoms with E-state index < -0.39 is 0 Å². The largest absolute Gasteiger partial charge is 0.411 e. The fourth-order valence-electron chi connectivity index (χ4n) is 2.99. The van der Waals surface area contributed by atoms with Crippen LogP contribution in [0.15, 0.2) is 29.4 Å². The van der Waals surface area contributed by atoms with E-state index in [2.05, 4.69) is 23.1 Å². The molecule has 0 aliphatic heterocycles. The molecule has 2 aromatic heterocycles. The zero-order valence-corrected chi connectivity index (χ0v) is 13.2. The minimum absolute atomic E-state index is 0.478. The number of fused-ring (bicyclic) bond motifs is 3. The second kappa shape index (κ2) is 6.64. The lowest BCUT2D eigenvalue weighted by Crippen LogP contribution is -2.04. The van der Waals surface area contributed by atoms with Crippen LogP contribution in [0, 0.1) is 0 Å². The van der Waals surface area contributed by atoms with Crippen molar-refractivity contribution in [2.75, 3.05) is 5.73 Å². The number of rotatable bonds is 6. The Morgan fingerprint density at radius 1 is 1.35 bits per heavy atom. The quantitative estimate of drug-likeness (QED) is 0.316. The molecule has 0 spiro atoms. The minimum Gasteiger partial charge on any atom is -0.411 e. The number of aryl methyl sites for hydroxylation is 2. The van der Waals surface area contributed by atoms with Crippen molar-refractivity contribution in [3.8, 4) is 0 Å². The van der Waals surface area contributed by atoms with Crippen molar-refractivity contribution in [3.05, 3.63) is 30.0 Å². The van der Waals surface area contributed by atoms with Crippen LogP contribution in [-0.4, -0.2) is 26.2 Å². The predicted octanol–water partition coefficient (Wildman–Crippen LogP) is 3.36. The van der Waals surface area contributed by atoms with Crippen LogP contribution < -0.4 is 5.73 Å². The molecule has 0 atom stereocenters. The van der Waals surface area contributed by atoms with Gasteiger partial charge in [-0.3, -0.25) is 4.68 Å². The van der Waals surface area contributed by atoms with Gasteiger partial charge in [-0.2, -0.15) is 5.10 Å². The number of nitrogens with two attached hydrogens (primary N) is 1. The number of aromatic nitrogens is 3. The summed E-state index contributed by atoms with van der Waals surface area (Å²) in [6.07, 6.45) is 5.01. The van der Waals surface area contributed by atoms with E-state index in [9.17, 15) is 0 Å². The molecule has 6 nitrogen and oxygen atoms in total. The number of nitrogens with zero attached hydrogens (tertiary/aromatic N) is 4. The zero-order valence-electron chi connectivity index (χ0n) is 13.2. The van der Waals surface area contributed by atoms with Crippen molar-refractivity contribution in [3.63, 3.8) is 0 Å². The third-order valence-corrected chi connectivity index (χ3v) is 3.98. The van der Waals surface area contributed by atoms with E-state index in [0.717, 1.165) is 54.0 Å². The van der Waals surface area contributed by atoms with Crippen LogP contribution in [0.1, 0.15) is 31.9 Å². The Hall–Kier alpha value is -2.63. The number of benzene rings is 1. The summed E-state index contributed by atoms with van der Waals surface area (Å²) in [6.45, 7) is 2.99. The van der Waals surface area contributed by atoms with E-state index in [-0.39, 0.29) is 0 Å². The number of para-hydroxylation sites is 1. The molecule has 0 unspecified atom stereocenters. The molecule has 23 heavy (non-hydrogen) atoms. The Morgan fingerprint density at radius 3 is 2.96 bits per heavy atom. The standard InChI is InChI=1S/C17H21N5O/c1-2-11-22-14(9-5-6-10-19-23)15-12-7-3-4-8-13(12)20-17(18)16(15)21-22/h3-4,7-8,10,23H,2,5-6,9,11H2,1H3,(H2,18,20)/b19-10+. The van der Waals surface area contributed by atoms with E-state index in [1.807, 2.05) is 22.9 Å². The number of oxime groups is 1. The summed E-state index contributed by atoms with van der Waals surface area (Å²) >= 11 is 0. The lowest BCUT2D eigenvalue weighted by molar-refractivity contribution is 0.320. The van der Waals surface area contributed by atoms with E-state index in [1.54, 1.807) is 0 Å². The smallest absolute Gasteiger partial charge is 0.152 e. The number of nitrogen functional groups attached to an aromatic ring is 1. The Balaban J connectivity index is 2.18. The zero-order chi connectivity index (χ0) is 16.2. The fourth-order valence-corrected chi connectivity index (χ4v) is 2.99. The summed E-state index contributed by atoms with van der Waals surface area (Å²) in [5.74, 6) is 0.478. The molecule has 2 heterocycles. The van der Waals surface area contributed by atoms with Gasteiger partial charge in [0, 0.05) is 29.2 Å². The number of pyridine rings is 1. The fraction of sp³-hybridized carbons (Fsp3) is 0.353. The molecule has 1 aromatic carbocycles. The van der Waals surface area contributed by atoms with Gasteiger partial charge < -0.3 is 10.9 Å². The van der Waals surface area contributed by atoms with Gasteiger partial charge in [0.05, 0.1) is 5.52 Å². The molecule has 0 fully saturated rings. The van der Waals surface area contributed by atoms with Crippen molar-refractivity contribution in [2.24, 2.45) is 5.16 Å². The number of hydrogen-bond acceptors (Lipinski definition) is 5. The maximum atomic E-state index is 8.54. The lowest BCUT2D eigenvalue weighted by Gasteiger charge is -2.07. The second-order valence-corrected chi connectivity index (χ2v) is 5.60. The van der Waals surface area contributed by atoms with Gasteiger partial charge in [-0.1, -0.05) is 25.1 Å². The van der Waals surface area contributed by atoms with Crippen LogP contribution in [0.4, 0.5) is 5.82 Å². The molecule has 0 saturated carbocycles. The minimum atomic E-state index is 0.478. The normalized spacial score (nSPS) is 11.9. The topological polar surface area (TPSA) is 89.3 Å². The number of unbranched alkanes of at least 4 members (excludes halogenated alkanes) is 1. The van der Waals surface area contributed by atoms with Crippen molar-refractivity contribution in [1.82, 2.24) is 14.8 Å². The van der Waals surface area contributed by atoms with Crippen LogP contribution in [0.3, 0.4) is 0 Å².